The number of ketones is 1. The molecule has 0 N–H and O–H groups in total. The lowest BCUT2D eigenvalue weighted by atomic mass is 10.1. The lowest BCUT2D eigenvalue weighted by molar-refractivity contribution is 0.0918. The zero-order valence-corrected chi connectivity index (χ0v) is 11.3. The quantitative estimate of drug-likeness (QED) is 0.794. The summed E-state index contributed by atoms with van der Waals surface area (Å²) in [7, 11) is 0. The summed E-state index contributed by atoms with van der Waals surface area (Å²) in [4.78, 5) is 11.7. The van der Waals surface area contributed by atoms with Gasteiger partial charge in [0.25, 0.3) is 0 Å². The monoisotopic (exact) mass is 326 g/mol. The normalized spacial score (nSPS) is 10.3. The number of hydrogen-bond donors (Lipinski definition) is 0. The van der Waals surface area contributed by atoms with Crippen molar-refractivity contribution >= 4 is 21.7 Å². The first kappa shape index (κ1) is 13.7. The van der Waals surface area contributed by atoms with E-state index >= 15 is 0 Å². The maximum atomic E-state index is 13.4. The van der Waals surface area contributed by atoms with Crippen LogP contribution >= 0.6 is 15.9 Å². The predicted molar refractivity (Wildman–Crippen MR) is 70.3 cm³/mol. The zero-order valence-electron chi connectivity index (χ0n) is 9.70. The largest absolute Gasteiger partial charge is 0.482 e. The third kappa shape index (κ3) is 3.61. The van der Waals surface area contributed by atoms with Gasteiger partial charge >= 0.3 is 0 Å². The van der Waals surface area contributed by atoms with Crippen LogP contribution in [0.3, 0.4) is 0 Å². The summed E-state index contributed by atoms with van der Waals surface area (Å²) in [5.41, 5.74) is 0.190. The van der Waals surface area contributed by atoms with E-state index in [1.54, 1.807) is 0 Å². The zero-order chi connectivity index (χ0) is 13.8. The Morgan fingerprint density at radius 2 is 1.95 bits per heavy atom. The number of ether oxygens (including phenoxy) is 1. The van der Waals surface area contributed by atoms with Gasteiger partial charge in [-0.25, -0.2) is 8.78 Å². The third-order valence-electron chi connectivity index (χ3n) is 2.40. The molecule has 0 aliphatic rings. The van der Waals surface area contributed by atoms with Gasteiger partial charge in [-0.1, -0.05) is 28.1 Å². The van der Waals surface area contributed by atoms with Crippen molar-refractivity contribution in [2.24, 2.45) is 0 Å². The number of carbonyl (C=O) groups excluding carboxylic acids is 1. The summed E-state index contributed by atoms with van der Waals surface area (Å²) in [6.45, 7) is -0.350. The summed E-state index contributed by atoms with van der Waals surface area (Å²) in [6.07, 6.45) is 0. The Labute approximate surface area is 117 Å². The molecule has 0 atom stereocenters. The molecule has 0 aliphatic carbocycles. The van der Waals surface area contributed by atoms with Gasteiger partial charge in [0.05, 0.1) is 0 Å². The fourth-order valence-corrected chi connectivity index (χ4v) is 1.82. The van der Waals surface area contributed by atoms with E-state index in [1.165, 1.54) is 36.4 Å². The molecule has 2 aromatic rings. The second-order valence-electron chi connectivity index (χ2n) is 3.80. The van der Waals surface area contributed by atoms with E-state index in [4.69, 9.17) is 4.74 Å². The van der Waals surface area contributed by atoms with E-state index < -0.39 is 17.4 Å². The maximum Gasteiger partial charge on any atom is 0.200 e. The Kier molecular flexibility index (Phi) is 4.27. The smallest absolute Gasteiger partial charge is 0.200 e. The summed E-state index contributed by atoms with van der Waals surface area (Å²) in [5, 5.41) is 0. The van der Waals surface area contributed by atoms with Crippen LogP contribution in [0.25, 0.3) is 0 Å². The van der Waals surface area contributed by atoms with Gasteiger partial charge in [-0.3, -0.25) is 4.79 Å². The summed E-state index contributed by atoms with van der Waals surface area (Å²) in [5.74, 6) is -1.51. The van der Waals surface area contributed by atoms with Crippen LogP contribution in [0.4, 0.5) is 8.78 Å². The SMILES string of the molecule is O=C(COc1cc(Br)ccc1F)c1cccc(F)c1. The van der Waals surface area contributed by atoms with E-state index in [0.29, 0.717) is 4.47 Å². The molecule has 0 radical (unpaired) electrons. The van der Waals surface area contributed by atoms with Gasteiger partial charge in [0.15, 0.2) is 24.0 Å². The van der Waals surface area contributed by atoms with Gasteiger partial charge < -0.3 is 4.74 Å². The Balaban J connectivity index is 2.06. The first-order valence-corrected chi connectivity index (χ1v) is 6.22. The van der Waals surface area contributed by atoms with Crippen molar-refractivity contribution in [2.45, 2.75) is 0 Å². The predicted octanol–water partition coefficient (Wildman–Crippen LogP) is 3.99. The molecule has 98 valence electrons. The highest BCUT2D eigenvalue weighted by atomic mass is 79.9. The number of benzene rings is 2. The molecule has 0 saturated heterocycles. The fraction of sp³-hybridized carbons (Fsp3) is 0.0714. The average Bonchev–Trinajstić information content (AvgIpc) is 2.39. The van der Waals surface area contributed by atoms with E-state index in [1.807, 2.05) is 0 Å². The van der Waals surface area contributed by atoms with Crippen LogP contribution < -0.4 is 4.74 Å². The van der Waals surface area contributed by atoms with Crippen molar-refractivity contribution in [1.82, 2.24) is 0 Å². The molecule has 5 heteroatoms. The lowest BCUT2D eigenvalue weighted by Gasteiger charge is -2.07. The van der Waals surface area contributed by atoms with Crippen LogP contribution in [0.2, 0.25) is 0 Å². The van der Waals surface area contributed by atoms with Crippen molar-refractivity contribution in [3.8, 4) is 5.75 Å². The van der Waals surface area contributed by atoms with E-state index in [0.717, 1.165) is 6.07 Å². The highest BCUT2D eigenvalue weighted by Crippen LogP contribution is 2.22. The number of rotatable bonds is 4. The molecule has 19 heavy (non-hydrogen) atoms. The lowest BCUT2D eigenvalue weighted by Crippen LogP contribution is -2.12. The van der Waals surface area contributed by atoms with E-state index in [9.17, 15) is 13.6 Å². The number of halogens is 3. The molecule has 2 nitrogen and oxygen atoms in total. The standard InChI is InChI=1S/C14H9BrF2O2/c15-10-4-5-12(17)14(7-10)19-8-13(18)9-2-1-3-11(16)6-9/h1-7H,8H2. The van der Waals surface area contributed by atoms with Crippen molar-refractivity contribution in [3.63, 3.8) is 0 Å². The molecule has 2 rings (SSSR count). The molecule has 0 heterocycles. The molecule has 0 amide bonds. The topological polar surface area (TPSA) is 26.3 Å². The minimum absolute atomic E-state index is 0.0286. The summed E-state index contributed by atoms with van der Waals surface area (Å²) >= 11 is 3.18. The Morgan fingerprint density at radius 3 is 2.68 bits per heavy atom. The Hall–Kier alpha value is -1.75. The van der Waals surface area contributed by atoms with Gasteiger partial charge in [0, 0.05) is 10.0 Å². The van der Waals surface area contributed by atoms with Gasteiger partial charge in [-0.05, 0) is 30.3 Å². The van der Waals surface area contributed by atoms with Crippen LogP contribution in [0.5, 0.6) is 5.75 Å². The first-order chi connectivity index (χ1) is 9.06. The second kappa shape index (κ2) is 5.93. The number of Topliss-reactive ketones (excluding diaryl/α,β-unsaturated/α-hetero) is 1. The molecule has 0 saturated carbocycles. The molecular formula is C14H9BrF2O2. The minimum Gasteiger partial charge on any atom is -0.482 e. The summed E-state index contributed by atoms with van der Waals surface area (Å²) < 4.78 is 32.1. The molecule has 0 aromatic heterocycles. The molecule has 0 aliphatic heterocycles. The van der Waals surface area contributed by atoms with Crippen molar-refractivity contribution in [2.75, 3.05) is 6.61 Å². The summed E-state index contributed by atoms with van der Waals surface area (Å²) in [6, 6.07) is 9.44. The van der Waals surface area contributed by atoms with Crippen LogP contribution in [-0.4, -0.2) is 12.4 Å². The van der Waals surface area contributed by atoms with Crippen LogP contribution in [0.15, 0.2) is 46.9 Å². The maximum absolute atomic E-state index is 13.4. The third-order valence-corrected chi connectivity index (χ3v) is 2.89. The van der Waals surface area contributed by atoms with Gasteiger partial charge in [0.2, 0.25) is 0 Å². The minimum atomic E-state index is -0.560. The highest BCUT2D eigenvalue weighted by molar-refractivity contribution is 9.10. The average molecular weight is 327 g/mol. The molecule has 2 aromatic carbocycles. The molecule has 0 unspecified atom stereocenters. The van der Waals surface area contributed by atoms with Crippen molar-refractivity contribution in [1.29, 1.82) is 0 Å². The molecule has 0 spiro atoms. The fourth-order valence-electron chi connectivity index (χ4n) is 1.48. The highest BCUT2D eigenvalue weighted by Gasteiger charge is 2.10. The number of hydrogen-bond acceptors (Lipinski definition) is 2. The number of carbonyl (C=O) groups is 1. The molecule has 0 bridgehead atoms. The van der Waals surface area contributed by atoms with Crippen molar-refractivity contribution < 1.29 is 18.3 Å². The first-order valence-electron chi connectivity index (χ1n) is 5.43. The van der Waals surface area contributed by atoms with Crippen molar-refractivity contribution in [3.05, 3.63) is 64.1 Å². The van der Waals surface area contributed by atoms with E-state index in [-0.39, 0.29) is 17.9 Å². The van der Waals surface area contributed by atoms with Crippen LogP contribution in [-0.2, 0) is 0 Å². The Morgan fingerprint density at radius 1 is 1.16 bits per heavy atom. The van der Waals surface area contributed by atoms with Gasteiger partial charge in [0.1, 0.15) is 5.82 Å². The molecular weight excluding hydrogens is 318 g/mol. The molecule has 0 fully saturated rings. The second-order valence-corrected chi connectivity index (χ2v) is 4.71. The van der Waals surface area contributed by atoms with Gasteiger partial charge in [-0.2, -0.15) is 0 Å². The van der Waals surface area contributed by atoms with Crippen LogP contribution in [0.1, 0.15) is 10.4 Å². The van der Waals surface area contributed by atoms with Gasteiger partial charge in [-0.15, -0.1) is 0 Å². The van der Waals surface area contributed by atoms with E-state index in [2.05, 4.69) is 15.9 Å². The Bertz CT molecular complexity index is 614. The van der Waals surface area contributed by atoms with Crippen LogP contribution in [0, 0.1) is 11.6 Å².